The Balaban J connectivity index is 1.38. The Labute approximate surface area is 167 Å². The van der Waals surface area contributed by atoms with Crippen molar-refractivity contribution < 1.29 is 14.3 Å². The van der Waals surface area contributed by atoms with Crippen LogP contribution in [-0.4, -0.2) is 61.5 Å². The Morgan fingerprint density at radius 1 is 1.25 bits per heavy atom. The van der Waals surface area contributed by atoms with Crippen LogP contribution in [0.5, 0.6) is 0 Å². The zero-order chi connectivity index (χ0) is 19.7. The van der Waals surface area contributed by atoms with Crippen molar-refractivity contribution in [2.45, 2.75) is 44.4 Å². The lowest BCUT2D eigenvalue weighted by molar-refractivity contribution is -0.140. The van der Waals surface area contributed by atoms with Gasteiger partial charge < -0.3 is 15.4 Å². The lowest BCUT2D eigenvalue weighted by Gasteiger charge is -2.51. The summed E-state index contributed by atoms with van der Waals surface area (Å²) in [5.41, 5.74) is 0.808. The lowest BCUT2D eigenvalue weighted by Crippen LogP contribution is -2.66. The minimum Gasteiger partial charge on any atom is -0.381 e. The van der Waals surface area contributed by atoms with Crippen molar-refractivity contribution in [3.05, 3.63) is 30.3 Å². The van der Waals surface area contributed by atoms with Crippen molar-refractivity contribution in [1.29, 1.82) is 0 Å². The van der Waals surface area contributed by atoms with E-state index in [-0.39, 0.29) is 35.9 Å². The number of piperidine rings is 2. The second kappa shape index (κ2) is 8.31. The molecule has 2 N–H and O–H groups in total. The molecule has 6 unspecified atom stereocenters. The van der Waals surface area contributed by atoms with Crippen molar-refractivity contribution in [3.63, 3.8) is 0 Å². The maximum Gasteiger partial charge on any atom is 0.238 e. The van der Waals surface area contributed by atoms with Crippen LogP contribution in [0.15, 0.2) is 30.3 Å². The van der Waals surface area contributed by atoms with Crippen LogP contribution < -0.4 is 10.6 Å². The molecule has 2 heterocycles. The maximum atomic E-state index is 13.3. The molecule has 0 radical (unpaired) electrons. The number of nitrogens with zero attached hydrogens (tertiary/aromatic N) is 1. The number of carbonyl (C=O) groups excluding carboxylic acids is 2. The molecule has 1 amide bonds. The summed E-state index contributed by atoms with van der Waals surface area (Å²) in [6, 6.07) is 10.0. The number of likely N-dealkylation sites (tertiary alicyclic amines) is 1. The van der Waals surface area contributed by atoms with E-state index in [0.29, 0.717) is 24.8 Å². The molecule has 28 heavy (non-hydrogen) atoms. The van der Waals surface area contributed by atoms with E-state index in [1.54, 1.807) is 7.11 Å². The van der Waals surface area contributed by atoms with E-state index in [0.717, 1.165) is 31.5 Å². The average Bonchev–Trinajstić information content (AvgIpc) is 2.70. The number of para-hydroxylation sites is 1. The summed E-state index contributed by atoms with van der Waals surface area (Å²) in [5, 5.41) is 6.73. The number of ketones is 1. The van der Waals surface area contributed by atoms with Crippen LogP contribution >= 0.6 is 0 Å². The zero-order valence-corrected chi connectivity index (χ0v) is 16.8. The molecular weight excluding hydrogens is 354 g/mol. The first-order valence-electron chi connectivity index (χ1n) is 10.4. The summed E-state index contributed by atoms with van der Waals surface area (Å²) in [6.07, 6.45) is 2.92. The summed E-state index contributed by atoms with van der Waals surface area (Å²) in [5.74, 6) is 0.804. The molecule has 1 aromatic carbocycles. The van der Waals surface area contributed by atoms with Gasteiger partial charge in [-0.1, -0.05) is 25.1 Å². The maximum absolute atomic E-state index is 13.3. The summed E-state index contributed by atoms with van der Waals surface area (Å²) >= 11 is 0. The molecule has 6 nitrogen and oxygen atoms in total. The number of benzene rings is 1. The number of amides is 1. The first-order chi connectivity index (χ1) is 13.5. The number of anilines is 1. The Morgan fingerprint density at radius 3 is 2.79 bits per heavy atom. The standard InChI is InChI=1S/C22H31N3O3/c1-14-10-16(28-2)11-17-21(14)24-19-8-9-25(12-18(19)22(17)27)13-20(26)23-15-6-4-3-5-7-15/h3-7,14,16-19,21,24H,8-13H2,1-2H3,(H,23,26). The number of carbonyl (C=O) groups is 2. The fraction of sp³-hybridized carbons (Fsp3) is 0.636. The number of rotatable bonds is 4. The van der Waals surface area contributed by atoms with Gasteiger partial charge in [0.2, 0.25) is 5.91 Å². The van der Waals surface area contributed by atoms with Gasteiger partial charge in [0, 0.05) is 49.8 Å². The van der Waals surface area contributed by atoms with Crippen molar-refractivity contribution in [2.75, 3.05) is 32.1 Å². The van der Waals surface area contributed by atoms with Gasteiger partial charge in [-0.15, -0.1) is 0 Å². The van der Waals surface area contributed by atoms with E-state index in [4.69, 9.17) is 4.74 Å². The predicted molar refractivity (Wildman–Crippen MR) is 108 cm³/mol. The van der Waals surface area contributed by atoms with Crippen LogP contribution in [0.25, 0.3) is 0 Å². The number of Topliss-reactive ketones (excluding diaryl/α,β-unsaturated/α-hetero) is 1. The molecule has 1 saturated carbocycles. The number of hydrogen-bond acceptors (Lipinski definition) is 5. The zero-order valence-electron chi connectivity index (χ0n) is 16.8. The van der Waals surface area contributed by atoms with Crippen molar-refractivity contribution >= 4 is 17.4 Å². The molecule has 0 spiro atoms. The molecule has 0 bridgehead atoms. The first kappa shape index (κ1) is 19.6. The van der Waals surface area contributed by atoms with E-state index in [2.05, 4.69) is 22.5 Å². The van der Waals surface area contributed by atoms with Gasteiger partial charge in [0.15, 0.2) is 0 Å². The topological polar surface area (TPSA) is 70.7 Å². The van der Waals surface area contributed by atoms with Gasteiger partial charge in [-0.05, 0) is 37.3 Å². The van der Waals surface area contributed by atoms with Crippen LogP contribution in [-0.2, 0) is 14.3 Å². The minimum absolute atomic E-state index is 0.0236. The Kier molecular flexibility index (Phi) is 5.80. The Morgan fingerprint density at radius 2 is 2.04 bits per heavy atom. The summed E-state index contributed by atoms with van der Waals surface area (Å²) in [7, 11) is 1.74. The normalized spacial score (nSPS) is 35.7. The van der Waals surface area contributed by atoms with E-state index >= 15 is 0 Å². The molecule has 152 valence electrons. The smallest absolute Gasteiger partial charge is 0.238 e. The van der Waals surface area contributed by atoms with Gasteiger partial charge >= 0.3 is 0 Å². The van der Waals surface area contributed by atoms with Crippen molar-refractivity contribution in [2.24, 2.45) is 17.8 Å². The van der Waals surface area contributed by atoms with E-state index < -0.39 is 0 Å². The van der Waals surface area contributed by atoms with Gasteiger partial charge in [0.1, 0.15) is 5.78 Å². The number of methoxy groups -OCH3 is 1. The molecule has 6 atom stereocenters. The molecule has 4 rings (SSSR count). The average molecular weight is 386 g/mol. The van der Waals surface area contributed by atoms with Crippen molar-refractivity contribution in [1.82, 2.24) is 10.2 Å². The first-order valence-corrected chi connectivity index (χ1v) is 10.4. The second-order valence-electron chi connectivity index (χ2n) is 8.66. The molecule has 2 aliphatic heterocycles. The van der Waals surface area contributed by atoms with Crippen LogP contribution in [0, 0.1) is 17.8 Å². The SMILES string of the molecule is COC1CC(C)C2NC3CCN(CC(=O)Nc4ccccc4)CC3C(=O)C2C1. The third kappa shape index (κ3) is 4.00. The van der Waals surface area contributed by atoms with Gasteiger partial charge in [-0.3, -0.25) is 14.5 Å². The molecule has 1 aliphatic carbocycles. The highest BCUT2D eigenvalue weighted by atomic mass is 16.5. The molecule has 3 aliphatic rings. The van der Waals surface area contributed by atoms with Crippen molar-refractivity contribution in [3.8, 4) is 0 Å². The lowest BCUT2D eigenvalue weighted by atomic mass is 9.66. The van der Waals surface area contributed by atoms with Gasteiger partial charge in [-0.25, -0.2) is 0 Å². The fourth-order valence-corrected chi connectivity index (χ4v) is 5.35. The largest absolute Gasteiger partial charge is 0.381 e. The number of fused-ring (bicyclic) bond motifs is 2. The van der Waals surface area contributed by atoms with Gasteiger partial charge in [-0.2, -0.15) is 0 Å². The number of ether oxygens (including phenoxy) is 1. The molecule has 1 aromatic rings. The van der Waals surface area contributed by atoms with Crippen LogP contribution in [0.1, 0.15) is 26.2 Å². The van der Waals surface area contributed by atoms with E-state index in [1.807, 2.05) is 30.3 Å². The molecule has 6 heteroatoms. The van der Waals surface area contributed by atoms with E-state index in [9.17, 15) is 9.59 Å². The van der Waals surface area contributed by atoms with E-state index in [1.165, 1.54) is 0 Å². The third-order valence-electron chi connectivity index (χ3n) is 6.79. The minimum atomic E-state index is -0.0256. The Bertz CT molecular complexity index is 710. The second-order valence-corrected chi connectivity index (χ2v) is 8.66. The molecule has 3 fully saturated rings. The highest BCUT2D eigenvalue weighted by molar-refractivity contribution is 5.92. The molecular formula is C22H31N3O3. The fourth-order valence-electron chi connectivity index (χ4n) is 5.35. The number of hydrogen-bond donors (Lipinski definition) is 2. The molecule has 2 saturated heterocycles. The predicted octanol–water partition coefficient (Wildman–Crippen LogP) is 1.92. The summed E-state index contributed by atoms with van der Waals surface area (Å²) in [6.45, 7) is 4.06. The number of nitrogens with one attached hydrogen (secondary N) is 2. The quantitative estimate of drug-likeness (QED) is 0.829. The molecule has 0 aromatic heterocycles. The highest BCUT2D eigenvalue weighted by Gasteiger charge is 2.49. The van der Waals surface area contributed by atoms with Gasteiger partial charge in [0.05, 0.1) is 12.6 Å². The monoisotopic (exact) mass is 385 g/mol. The Hall–Kier alpha value is -1.76. The van der Waals surface area contributed by atoms with Gasteiger partial charge in [0.25, 0.3) is 0 Å². The van der Waals surface area contributed by atoms with Crippen LogP contribution in [0.4, 0.5) is 5.69 Å². The third-order valence-corrected chi connectivity index (χ3v) is 6.79. The van der Waals surface area contributed by atoms with Crippen LogP contribution in [0.2, 0.25) is 0 Å². The summed E-state index contributed by atoms with van der Waals surface area (Å²) in [4.78, 5) is 27.8. The summed E-state index contributed by atoms with van der Waals surface area (Å²) < 4.78 is 5.58. The highest BCUT2D eigenvalue weighted by Crippen LogP contribution is 2.38. The van der Waals surface area contributed by atoms with Crippen LogP contribution in [0.3, 0.4) is 0 Å².